The number of carbonyl (C=O) groups excluding carboxylic acids is 1. The molecule has 0 unspecified atom stereocenters. The van der Waals surface area contributed by atoms with Gasteiger partial charge in [0.2, 0.25) is 0 Å². The average Bonchev–Trinajstić information content (AvgIpc) is 2.52. The predicted octanol–water partition coefficient (Wildman–Crippen LogP) is 4.00. The monoisotopic (exact) mass is 345 g/mol. The SMILES string of the molecule is CCC.CCCCCNC(=O)c1ccc(OS(=O)(=O)CC)cc1.[HH]. The summed E-state index contributed by atoms with van der Waals surface area (Å²) in [7, 11) is -3.53. The van der Waals surface area contributed by atoms with Crippen molar-refractivity contribution in [3.63, 3.8) is 0 Å². The third-order valence-electron chi connectivity index (χ3n) is 2.76. The Morgan fingerprint density at radius 3 is 2.13 bits per heavy atom. The van der Waals surface area contributed by atoms with Crippen LogP contribution in [0.4, 0.5) is 0 Å². The Kier molecular flexibility index (Phi) is 11.1. The zero-order chi connectivity index (χ0) is 17.7. The van der Waals surface area contributed by atoms with Crippen LogP contribution in [0, 0.1) is 0 Å². The molecule has 0 aromatic heterocycles. The number of unbranched alkanes of at least 4 members (excludes halogenated alkanes) is 2. The Hall–Kier alpha value is -1.56. The topological polar surface area (TPSA) is 72.5 Å². The molecule has 23 heavy (non-hydrogen) atoms. The first-order chi connectivity index (χ1) is 10.9. The summed E-state index contributed by atoms with van der Waals surface area (Å²) in [5.41, 5.74) is 0.489. The van der Waals surface area contributed by atoms with Gasteiger partial charge in [0.25, 0.3) is 5.91 Å². The minimum atomic E-state index is -3.53. The summed E-state index contributed by atoms with van der Waals surface area (Å²) in [6.07, 6.45) is 4.40. The Morgan fingerprint density at radius 2 is 1.65 bits per heavy atom. The highest BCUT2D eigenvalue weighted by atomic mass is 32.2. The number of amides is 1. The van der Waals surface area contributed by atoms with Crippen molar-refractivity contribution in [3.05, 3.63) is 29.8 Å². The minimum absolute atomic E-state index is 0. The second-order valence-corrected chi connectivity index (χ2v) is 6.98. The molecule has 0 aliphatic heterocycles. The molecule has 0 atom stereocenters. The number of hydrogen-bond acceptors (Lipinski definition) is 4. The third kappa shape index (κ3) is 9.94. The van der Waals surface area contributed by atoms with Crippen molar-refractivity contribution in [1.82, 2.24) is 5.32 Å². The Labute approximate surface area is 142 Å². The van der Waals surface area contributed by atoms with Crippen molar-refractivity contribution in [3.8, 4) is 5.75 Å². The van der Waals surface area contributed by atoms with E-state index in [2.05, 4.69) is 26.1 Å². The van der Waals surface area contributed by atoms with Crippen molar-refractivity contribution in [2.24, 2.45) is 0 Å². The molecule has 134 valence electrons. The van der Waals surface area contributed by atoms with Crippen molar-refractivity contribution < 1.29 is 18.8 Å². The molecule has 0 saturated carbocycles. The van der Waals surface area contributed by atoms with E-state index in [-0.39, 0.29) is 18.8 Å². The molecular formula is C17H31NO4S. The van der Waals surface area contributed by atoms with Crippen LogP contribution >= 0.6 is 0 Å². The molecule has 0 spiro atoms. The highest BCUT2D eigenvalue weighted by Crippen LogP contribution is 2.14. The van der Waals surface area contributed by atoms with Crippen LogP contribution in [-0.2, 0) is 10.1 Å². The maximum atomic E-state index is 11.8. The second-order valence-electron chi connectivity index (χ2n) is 5.12. The molecule has 0 saturated heterocycles. The molecule has 0 aliphatic rings. The Bertz CT molecular complexity index is 544. The maximum Gasteiger partial charge on any atom is 0.308 e. The largest absolute Gasteiger partial charge is 0.382 e. The lowest BCUT2D eigenvalue weighted by molar-refractivity contribution is 0.0953. The first-order valence-electron chi connectivity index (χ1n) is 8.20. The van der Waals surface area contributed by atoms with Gasteiger partial charge in [0, 0.05) is 13.5 Å². The fourth-order valence-electron chi connectivity index (χ4n) is 1.55. The molecule has 0 heterocycles. The number of nitrogens with one attached hydrogen (secondary N) is 1. The van der Waals surface area contributed by atoms with Crippen molar-refractivity contribution >= 4 is 16.0 Å². The van der Waals surface area contributed by atoms with Crippen molar-refractivity contribution in [1.29, 1.82) is 0 Å². The van der Waals surface area contributed by atoms with Crippen LogP contribution in [0.2, 0.25) is 0 Å². The number of hydrogen-bond donors (Lipinski definition) is 1. The van der Waals surface area contributed by atoms with Gasteiger partial charge >= 0.3 is 10.1 Å². The van der Waals surface area contributed by atoms with Gasteiger partial charge in [0.05, 0.1) is 5.75 Å². The molecule has 0 aliphatic carbocycles. The summed E-state index contributed by atoms with van der Waals surface area (Å²) >= 11 is 0. The lowest BCUT2D eigenvalue weighted by atomic mass is 10.2. The van der Waals surface area contributed by atoms with Gasteiger partial charge in [-0.15, -0.1) is 0 Å². The highest BCUT2D eigenvalue weighted by molar-refractivity contribution is 7.87. The van der Waals surface area contributed by atoms with E-state index in [1.54, 1.807) is 12.1 Å². The zero-order valence-electron chi connectivity index (χ0n) is 14.6. The lowest BCUT2D eigenvalue weighted by Crippen LogP contribution is -2.24. The smallest absolute Gasteiger partial charge is 0.308 e. The van der Waals surface area contributed by atoms with Crippen LogP contribution < -0.4 is 9.50 Å². The molecule has 1 aromatic carbocycles. The van der Waals surface area contributed by atoms with E-state index < -0.39 is 10.1 Å². The van der Waals surface area contributed by atoms with Gasteiger partial charge in [-0.3, -0.25) is 4.79 Å². The van der Waals surface area contributed by atoms with Gasteiger partial charge in [-0.05, 0) is 37.6 Å². The number of benzene rings is 1. The number of carbonyl (C=O) groups is 1. The molecule has 1 N–H and O–H groups in total. The minimum Gasteiger partial charge on any atom is -0.382 e. The first-order valence-corrected chi connectivity index (χ1v) is 9.78. The molecule has 1 aromatic rings. The van der Waals surface area contributed by atoms with E-state index in [0.717, 1.165) is 19.3 Å². The van der Waals surface area contributed by atoms with Gasteiger partial charge < -0.3 is 9.50 Å². The quantitative estimate of drug-likeness (QED) is 0.571. The van der Waals surface area contributed by atoms with Gasteiger partial charge in [0.1, 0.15) is 5.75 Å². The summed E-state index contributed by atoms with van der Waals surface area (Å²) in [4.78, 5) is 11.8. The van der Waals surface area contributed by atoms with Crippen molar-refractivity contribution in [2.45, 2.75) is 53.4 Å². The number of rotatable bonds is 8. The molecular weight excluding hydrogens is 314 g/mol. The average molecular weight is 346 g/mol. The molecule has 1 rings (SSSR count). The fraction of sp³-hybridized carbons (Fsp3) is 0.588. The van der Waals surface area contributed by atoms with E-state index in [1.807, 2.05) is 0 Å². The third-order valence-corrected chi connectivity index (χ3v) is 3.91. The Morgan fingerprint density at radius 1 is 1.09 bits per heavy atom. The second kappa shape index (κ2) is 11.9. The fourth-order valence-corrected chi connectivity index (χ4v) is 2.07. The highest BCUT2D eigenvalue weighted by Gasteiger charge is 2.10. The standard InChI is InChI=1S/C14H21NO4S.C3H8.H2/c1-3-5-6-11-15-14(16)12-7-9-13(10-8-12)19-20(17,18)4-2;1-3-2;/h7-10H,3-6,11H2,1-2H3,(H,15,16);3H2,1-2H3;1H. The van der Waals surface area contributed by atoms with Crippen LogP contribution in [0.15, 0.2) is 24.3 Å². The molecule has 0 radical (unpaired) electrons. The van der Waals surface area contributed by atoms with E-state index in [0.29, 0.717) is 12.1 Å². The van der Waals surface area contributed by atoms with Gasteiger partial charge in [0.15, 0.2) is 0 Å². The molecule has 5 nitrogen and oxygen atoms in total. The van der Waals surface area contributed by atoms with Gasteiger partial charge in [-0.2, -0.15) is 8.42 Å². The summed E-state index contributed by atoms with van der Waals surface area (Å²) < 4.78 is 27.4. The maximum absolute atomic E-state index is 11.8. The summed E-state index contributed by atoms with van der Waals surface area (Å²) in [6, 6.07) is 6.06. The van der Waals surface area contributed by atoms with E-state index in [4.69, 9.17) is 4.18 Å². The summed E-state index contributed by atoms with van der Waals surface area (Å²) in [5.74, 6) is -0.0347. The van der Waals surface area contributed by atoms with Crippen LogP contribution in [0.1, 0.15) is 65.2 Å². The molecule has 0 bridgehead atoms. The molecule has 6 heteroatoms. The van der Waals surface area contributed by atoms with E-state index >= 15 is 0 Å². The predicted molar refractivity (Wildman–Crippen MR) is 96.5 cm³/mol. The van der Waals surface area contributed by atoms with Crippen LogP contribution in [0.5, 0.6) is 5.75 Å². The summed E-state index contributed by atoms with van der Waals surface area (Å²) in [6.45, 7) is 8.51. The van der Waals surface area contributed by atoms with Crippen LogP contribution in [0.25, 0.3) is 0 Å². The zero-order valence-corrected chi connectivity index (χ0v) is 15.4. The van der Waals surface area contributed by atoms with Gasteiger partial charge in [-0.1, -0.05) is 40.0 Å². The lowest BCUT2D eigenvalue weighted by Gasteiger charge is -2.07. The van der Waals surface area contributed by atoms with E-state index in [9.17, 15) is 13.2 Å². The normalized spacial score (nSPS) is 10.4. The van der Waals surface area contributed by atoms with Crippen LogP contribution in [-0.4, -0.2) is 26.6 Å². The van der Waals surface area contributed by atoms with Crippen molar-refractivity contribution in [2.75, 3.05) is 12.3 Å². The van der Waals surface area contributed by atoms with Gasteiger partial charge in [-0.25, -0.2) is 0 Å². The van der Waals surface area contributed by atoms with Crippen LogP contribution in [0.3, 0.4) is 0 Å². The summed E-state index contributed by atoms with van der Waals surface area (Å²) in [5, 5.41) is 2.81. The molecule has 1 amide bonds. The molecule has 0 fully saturated rings. The first kappa shape index (κ1) is 21.4. The Balaban J connectivity index is 0. The van der Waals surface area contributed by atoms with E-state index in [1.165, 1.54) is 25.5 Å².